The molecule has 0 fully saturated rings. The van der Waals surface area contributed by atoms with Gasteiger partial charge in [-0.15, -0.1) is 0 Å². The van der Waals surface area contributed by atoms with Gasteiger partial charge in [-0.2, -0.15) is 0 Å². The van der Waals surface area contributed by atoms with Crippen LogP contribution in [0.25, 0.3) is 10.9 Å². The summed E-state index contributed by atoms with van der Waals surface area (Å²) in [6, 6.07) is 23.4. The Balaban J connectivity index is 1.87. The second-order valence-electron chi connectivity index (χ2n) is 7.67. The van der Waals surface area contributed by atoms with Crippen LogP contribution in [0.4, 0.5) is 0 Å². The summed E-state index contributed by atoms with van der Waals surface area (Å²) >= 11 is 0. The molecule has 0 radical (unpaired) electrons. The summed E-state index contributed by atoms with van der Waals surface area (Å²) in [5, 5.41) is 1.08. The molecule has 0 bridgehead atoms. The van der Waals surface area contributed by atoms with Crippen molar-refractivity contribution in [2.45, 2.75) is 27.7 Å². The van der Waals surface area contributed by atoms with Crippen LogP contribution in [0, 0.1) is 27.7 Å². The Morgan fingerprint density at radius 1 is 0.679 bits per heavy atom. The lowest BCUT2D eigenvalue weighted by atomic mass is 9.54. The molecule has 3 aromatic carbocycles. The van der Waals surface area contributed by atoms with Gasteiger partial charge in [0.2, 0.25) is 0 Å². The van der Waals surface area contributed by atoms with Crippen molar-refractivity contribution in [3.63, 3.8) is 0 Å². The normalized spacial score (nSPS) is 10.9. The number of benzene rings is 3. The van der Waals surface area contributed by atoms with E-state index in [9.17, 15) is 0 Å². The van der Waals surface area contributed by atoms with E-state index < -0.39 is 0 Å². The number of hydrogen-bond acceptors (Lipinski definition) is 2. The van der Waals surface area contributed by atoms with Crippen LogP contribution in [0.3, 0.4) is 0 Å². The largest absolute Gasteiger partial charge is 0.550 e. The van der Waals surface area contributed by atoms with E-state index in [1.54, 1.807) is 0 Å². The van der Waals surface area contributed by atoms with Crippen molar-refractivity contribution in [2.24, 2.45) is 0 Å². The summed E-state index contributed by atoms with van der Waals surface area (Å²) in [7, 11) is 0. The van der Waals surface area contributed by atoms with Gasteiger partial charge in [0.1, 0.15) is 11.3 Å². The summed E-state index contributed by atoms with van der Waals surface area (Å²) in [6.45, 7) is 8.34. The predicted molar refractivity (Wildman–Crippen MR) is 119 cm³/mol. The monoisotopic (exact) mass is 365 g/mol. The molecule has 0 amide bonds. The lowest BCUT2D eigenvalue weighted by Crippen LogP contribution is -2.48. The average Bonchev–Trinajstić information content (AvgIpc) is 2.64. The number of rotatable bonds is 4. The summed E-state index contributed by atoms with van der Waals surface area (Å²) in [6.07, 6.45) is 1.82. The van der Waals surface area contributed by atoms with Crippen molar-refractivity contribution in [3.8, 4) is 5.75 Å². The maximum Gasteiger partial charge on any atom is 0.426 e. The lowest BCUT2D eigenvalue weighted by Gasteiger charge is -2.19. The smallest absolute Gasteiger partial charge is 0.426 e. The topological polar surface area (TPSA) is 22.1 Å². The molecule has 0 aliphatic rings. The number of para-hydroxylation sites is 1. The Labute approximate surface area is 167 Å². The van der Waals surface area contributed by atoms with Crippen molar-refractivity contribution in [1.29, 1.82) is 0 Å². The van der Waals surface area contributed by atoms with Gasteiger partial charge in [0, 0.05) is 11.6 Å². The third kappa shape index (κ3) is 3.79. The Hall–Kier alpha value is -3.07. The minimum absolute atomic E-state index is 0.190. The Morgan fingerprint density at radius 2 is 1.21 bits per heavy atom. The van der Waals surface area contributed by atoms with Crippen molar-refractivity contribution in [2.75, 3.05) is 0 Å². The first-order chi connectivity index (χ1) is 13.5. The molecular formula is C25H24BNO. The van der Waals surface area contributed by atoms with E-state index in [2.05, 4.69) is 81.2 Å². The minimum atomic E-state index is -0.190. The highest BCUT2D eigenvalue weighted by molar-refractivity contribution is 6.80. The fourth-order valence-corrected chi connectivity index (χ4v) is 3.95. The molecule has 0 aliphatic carbocycles. The molecule has 28 heavy (non-hydrogen) atoms. The molecule has 0 aliphatic heterocycles. The fraction of sp³-hybridized carbons (Fsp3) is 0.160. The first-order valence-corrected chi connectivity index (χ1v) is 9.66. The molecule has 4 rings (SSSR count). The summed E-state index contributed by atoms with van der Waals surface area (Å²) in [4.78, 5) is 4.57. The van der Waals surface area contributed by atoms with Crippen LogP contribution in [-0.2, 0) is 0 Å². The molecule has 0 saturated carbocycles. The van der Waals surface area contributed by atoms with Crippen molar-refractivity contribution in [1.82, 2.24) is 4.98 Å². The van der Waals surface area contributed by atoms with E-state index in [0.29, 0.717) is 0 Å². The molecule has 4 aromatic rings. The number of pyridine rings is 1. The SMILES string of the molecule is Cc1cc(C)cc(B(Oc2cccc3cccnc23)c2cc(C)cc(C)c2)c1. The Kier molecular flexibility index (Phi) is 4.91. The van der Waals surface area contributed by atoms with E-state index in [0.717, 1.165) is 27.6 Å². The van der Waals surface area contributed by atoms with Gasteiger partial charge in [0.05, 0.1) is 0 Å². The fourth-order valence-electron chi connectivity index (χ4n) is 3.95. The maximum atomic E-state index is 6.66. The van der Waals surface area contributed by atoms with Gasteiger partial charge in [-0.1, -0.05) is 76.9 Å². The van der Waals surface area contributed by atoms with Crippen molar-refractivity contribution in [3.05, 3.63) is 95.2 Å². The highest BCUT2D eigenvalue weighted by Crippen LogP contribution is 2.23. The molecule has 1 heterocycles. The van der Waals surface area contributed by atoms with E-state index in [1.165, 1.54) is 22.3 Å². The van der Waals surface area contributed by atoms with Crippen LogP contribution in [0.15, 0.2) is 72.9 Å². The average molecular weight is 365 g/mol. The van der Waals surface area contributed by atoms with E-state index in [-0.39, 0.29) is 6.92 Å². The highest BCUT2D eigenvalue weighted by atomic mass is 16.4. The van der Waals surface area contributed by atoms with Gasteiger partial charge in [0.15, 0.2) is 0 Å². The molecule has 0 spiro atoms. The van der Waals surface area contributed by atoms with E-state index >= 15 is 0 Å². The Morgan fingerprint density at radius 3 is 1.79 bits per heavy atom. The third-order valence-corrected chi connectivity index (χ3v) is 4.93. The van der Waals surface area contributed by atoms with Gasteiger partial charge in [-0.3, -0.25) is 4.98 Å². The zero-order valence-electron chi connectivity index (χ0n) is 16.9. The first kappa shape index (κ1) is 18.3. The maximum absolute atomic E-state index is 6.66. The van der Waals surface area contributed by atoms with Crippen LogP contribution in [-0.4, -0.2) is 11.9 Å². The zero-order chi connectivity index (χ0) is 19.7. The lowest BCUT2D eigenvalue weighted by molar-refractivity contribution is 0.597. The second kappa shape index (κ2) is 7.51. The van der Waals surface area contributed by atoms with Gasteiger partial charge in [0.25, 0.3) is 0 Å². The van der Waals surface area contributed by atoms with E-state index in [1.807, 2.05) is 24.4 Å². The third-order valence-electron chi connectivity index (χ3n) is 4.93. The number of nitrogens with zero attached hydrogens (tertiary/aromatic N) is 1. The zero-order valence-corrected chi connectivity index (χ0v) is 16.9. The van der Waals surface area contributed by atoms with E-state index in [4.69, 9.17) is 4.65 Å². The van der Waals surface area contributed by atoms with Gasteiger partial charge in [-0.05, 0) is 50.8 Å². The van der Waals surface area contributed by atoms with Crippen LogP contribution >= 0.6 is 0 Å². The number of aryl methyl sites for hydroxylation is 4. The van der Waals surface area contributed by atoms with Crippen LogP contribution in [0.1, 0.15) is 22.3 Å². The van der Waals surface area contributed by atoms with Crippen molar-refractivity contribution < 1.29 is 4.65 Å². The van der Waals surface area contributed by atoms with Crippen molar-refractivity contribution >= 4 is 28.7 Å². The standard InChI is InChI=1S/C25H24BNO/c1-17-11-18(2)14-22(13-17)26(23-15-19(3)12-20(4)16-23)28-24-9-5-7-21-8-6-10-27-25(21)24/h5-16H,1-4H3. The highest BCUT2D eigenvalue weighted by Gasteiger charge is 2.25. The van der Waals surface area contributed by atoms with Crippen LogP contribution < -0.4 is 15.6 Å². The molecule has 2 nitrogen and oxygen atoms in total. The molecule has 0 atom stereocenters. The Bertz CT molecular complexity index is 1060. The molecule has 3 heteroatoms. The number of aromatic nitrogens is 1. The quantitative estimate of drug-likeness (QED) is 0.491. The second-order valence-corrected chi connectivity index (χ2v) is 7.67. The van der Waals surface area contributed by atoms with Gasteiger partial charge >= 0.3 is 6.92 Å². The predicted octanol–water partition coefficient (Wildman–Crippen LogP) is 4.65. The molecule has 0 N–H and O–H groups in total. The van der Waals surface area contributed by atoms with Crippen LogP contribution in [0.5, 0.6) is 5.75 Å². The molecule has 0 saturated heterocycles. The molecule has 0 unspecified atom stereocenters. The first-order valence-electron chi connectivity index (χ1n) is 9.66. The summed E-state index contributed by atoms with van der Waals surface area (Å²) in [5.41, 5.74) is 8.18. The van der Waals surface area contributed by atoms with Gasteiger partial charge in [-0.25, -0.2) is 0 Å². The minimum Gasteiger partial charge on any atom is -0.550 e. The van der Waals surface area contributed by atoms with Gasteiger partial charge < -0.3 is 4.65 Å². The molecule has 1 aromatic heterocycles. The van der Waals surface area contributed by atoms with Crippen LogP contribution in [0.2, 0.25) is 0 Å². The molecule has 138 valence electrons. The number of hydrogen-bond donors (Lipinski definition) is 0. The summed E-state index contributed by atoms with van der Waals surface area (Å²) < 4.78 is 6.66. The number of fused-ring (bicyclic) bond motifs is 1. The molecular weight excluding hydrogens is 341 g/mol. The summed E-state index contributed by atoms with van der Waals surface area (Å²) in [5.74, 6) is 0.807.